The van der Waals surface area contributed by atoms with E-state index < -0.39 is 0 Å². The van der Waals surface area contributed by atoms with Crippen molar-refractivity contribution in [3.8, 4) is 5.69 Å². The van der Waals surface area contributed by atoms with Crippen molar-refractivity contribution in [1.82, 2.24) is 9.55 Å². The Morgan fingerprint density at radius 2 is 1.90 bits per heavy atom. The van der Waals surface area contributed by atoms with E-state index in [0.717, 1.165) is 28.2 Å². The minimum Gasteiger partial charge on any atom is -0.399 e. The van der Waals surface area contributed by atoms with Gasteiger partial charge in [0.25, 0.3) is 0 Å². The summed E-state index contributed by atoms with van der Waals surface area (Å²) in [4.78, 5) is 4.77. The first-order valence-corrected chi connectivity index (χ1v) is 7.62. The van der Waals surface area contributed by atoms with Crippen molar-refractivity contribution < 1.29 is 0 Å². The Bertz CT molecular complexity index is 850. The van der Waals surface area contributed by atoms with Gasteiger partial charge in [-0.05, 0) is 49.2 Å². The highest BCUT2D eigenvalue weighted by atomic mass is 35.5. The number of hydrogen-bond donors (Lipinski definition) is 1. The molecule has 4 rings (SSSR count). The molecule has 0 aliphatic heterocycles. The lowest BCUT2D eigenvalue weighted by Crippen LogP contribution is -2.00. The Labute approximate surface area is 132 Å². The van der Waals surface area contributed by atoms with Crippen molar-refractivity contribution in [3.63, 3.8) is 0 Å². The highest BCUT2D eigenvalue weighted by molar-refractivity contribution is 6.35. The predicted molar refractivity (Wildman–Crippen MR) is 87.5 cm³/mol. The molecule has 1 fully saturated rings. The van der Waals surface area contributed by atoms with Crippen molar-refractivity contribution in [2.45, 2.75) is 18.8 Å². The van der Waals surface area contributed by atoms with Crippen LogP contribution in [0.15, 0.2) is 36.4 Å². The van der Waals surface area contributed by atoms with Crippen molar-refractivity contribution in [3.05, 3.63) is 52.3 Å². The highest BCUT2D eigenvalue weighted by Crippen LogP contribution is 2.42. The van der Waals surface area contributed by atoms with E-state index in [-0.39, 0.29) is 0 Å². The Kier molecular flexibility index (Phi) is 2.88. The van der Waals surface area contributed by atoms with Crippen LogP contribution in [0.5, 0.6) is 0 Å². The number of benzene rings is 2. The van der Waals surface area contributed by atoms with E-state index in [1.165, 1.54) is 12.8 Å². The first-order chi connectivity index (χ1) is 10.1. The van der Waals surface area contributed by atoms with Gasteiger partial charge in [-0.2, -0.15) is 0 Å². The standard InChI is InChI=1S/C16H13Cl2N3/c17-10-3-5-14(12(18)7-10)21-15-6-4-11(19)8-13(15)20-16(21)9-1-2-9/h3-9H,1-2,19H2. The van der Waals surface area contributed by atoms with Gasteiger partial charge in [-0.25, -0.2) is 4.98 Å². The third kappa shape index (κ3) is 2.17. The Morgan fingerprint density at radius 1 is 1.10 bits per heavy atom. The lowest BCUT2D eigenvalue weighted by molar-refractivity contribution is 0.896. The van der Waals surface area contributed by atoms with Gasteiger partial charge >= 0.3 is 0 Å². The van der Waals surface area contributed by atoms with Gasteiger partial charge in [0.1, 0.15) is 5.82 Å². The molecule has 21 heavy (non-hydrogen) atoms. The molecule has 1 heterocycles. The maximum Gasteiger partial charge on any atom is 0.117 e. The van der Waals surface area contributed by atoms with Crippen molar-refractivity contribution in [2.24, 2.45) is 0 Å². The van der Waals surface area contributed by atoms with Gasteiger partial charge in [-0.1, -0.05) is 23.2 Å². The number of hydrogen-bond acceptors (Lipinski definition) is 2. The van der Waals surface area contributed by atoms with Crippen LogP contribution in [-0.4, -0.2) is 9.55 Å². The number of anilines is 1. The number of nitrogens with two attached hydrogens (primary N) is 1. The lowest BCUT2D eigenvalue weighted by Gasteiger charge is -2.11. The third-order valence-corrected chi connectivity index (χ3v) is 4.34. The Balaban J connectivity index is 2.03. The average molecular weight is 318 g/mol. The second-order valence-electron chi connectivity index (χ2n) is 5.42. The molecule has 0 amide bonds. The molecule has 106 valence electrons. The molecule has 3 aromatic rings. The van der Waals surface area contributed by atoms with E-state index in [9.17, 15) is 0 Å². The molecule has 1 aliphatic carbocycles. The van der Waals surface area contributed by atoms with Gasteiger partial charge in [-0.15, -0.1) is 0 Å². The highest BCUT2D eigenvalue weighted by Gasteiger charge is 2.30. The zero-order valence-corrected chi connectivity index (χ0v) is 12.7. The summed E-state index contributed by atoms with van der Waals surface area (Å²) in [6, 6.07) is 11.3. The molecule has 5 heteroatoms. The van der Waals surface area contributed by atoms with E-state index in [4.69, 9.17) is 33.9 Å². The Hall–Kier alpha value is -1.71. The molecule has 0 spiro atoms. The van der Waals surface area contributed by atoms with Gasteiger partial charge in [-0.3, -0.25) is 4.57 Å². The fourth-order valence-electron chi connectivity index (χ4n) is 2.65. The van der Waals surface area contributed by atoms with Crippen LogP contribution in [0.4, 0.5) is 5.69 Å². The van der Waals surface area contributed by atoms with Gasteiger partial charge in [0.2, 0.25) is 0 Å². The third-order valence-electron chi connectivity index (χ3n) is 3.80. The average Bonchev–Trinajstić information content (AvgIpc) is 3.21. The molecule has 3 nitrogen and oxygen atoms in total. The van der Waals surface area contributed by atoms with Crippen LogP contribution in [0, 0.1) is 0 Å². The first kappa shape index (κ1) is 13.0. The summed E-state index contributed by atoms with van der Waals surface area (Å²) in [6.45, 7) is 0. The number of fused-ring (bicyclic) bond motifs is 1. The molecule has 1 aromatic heterocycles. The molecular weight excluding hydrogens is 305 g/mol. The molecule has 0 radical (unpaired) electrons. The zero-order chi connectivity index (χ0) is 14.6. The summed E-state index contributed by atoms with van der Waals surface area (Å²) in [5.41, 5.74) is 9.43. The van der Waals surface area contributed by atoms with Crippen LogP contribution in [0.1, 0.15) is 24.6 Å². The van der Waals surface area contributed by atoms with Crippen molar-refractivity contribution >= 4 is 39.9 Å². The number of halogens is 2. The van der Waals surface area contributed by atoms with Gasteiger partial charge in [0.05, 0.1) is 21.7 Å². The molecule has 0 unspecified atom stereocenters. The summed E-state index contributed by atoms with van der Waals surface area (Å²) in [5, 5.41) is 1.26. The number of imidazole rings is 1. The SMILES string of the molecule is Nc1ccc2c(c1)nc(C1CC1)n2-c1ccc(Cl)cc1Cl. The lowest BCUT2D eigenvalue weighted by atomic mass is 10.2. The second-order valence-corrected chi connectivity index (χ2v) is 6.27. The number of aromatic nitrogens is 2. The molecule has 0 bridgehead atoms. The molecule has 0 atom stereocenters. The van der Waals surface area contributed by atoms with Crippen LogP contribution in [0.2, 0.25) is 10.0 Å². The van der Waals surface area contributed by atoms with Gasteiger partial charge in [0.15, 0.2) is 0 Å². The van der Waals surface area contributed by atoms with Gasteiger partial charge < -0.3 is 5.73 Å². The first-order valence-electron chi connectivity index (χ1n) is 6.87. The molecule has 2 aromatic carbocycles. The molecule has 1 aliphatic rings. The van der Waals surface area contributed by atoms with Crippen molar-refractivity contribution in [1.29, 1.82) is 0 Å². The summed E-state index contributed by atoms with van der Waals surface area (Å²) < 4.78 is 2.13. The molecule has 1 saturated carbocycles. The Morgan fingerprint density at radius 3 is 2.62 bits per heavy atom. The molecule has 0 saturated heterocycles. The summed E-state index contributed by atoms with van der Waals surface area (Å²) in [6.07, 6.45) is 2.34. The van der Waals surface area contributed by atoms with E-state index in [1.54, 1.807) is 6.07 Å². The summed E-state index contributed by atoms with van der Waals surface area (Å²) >= 11 is 12.4. The maximum atomic E-state index is 6.39. The van der Waals surface area contributed by atoms with E-state index in [0.29, 0.717) is 16.0 Å². The van der Waals surface area contributed by atoms with E-state index in [2.05, 4.69) is 4.57 Å². The number of nitrogens with zero attached hydrogens (tertiary/aromatic N) is 2. The fraction of sp³-hybridized carbons (Fsp3) is 0.188. The smallest absolute Gasteiger partial charge is 0.117 e. The van der Waals surface area contributed by atoms with Crippen LogP contribution in [0.3, 0.4) is 0 Å². The van der Waals surface area contributed by atoms with Crippen LogP contribution < -0.4 is 5.73 Å². The van der Waals surface area contributed by atoms with Gasteiger partial charge in [0, 0.05) is 16.6 Å². The van der Waals surface area contributed by atoms with Crippen molar-refractivity contribution in [2.75, 3.05) is 5.73 Å². The number of rotatable bonds is 2. The van der Waals surface area contributed by atoms with E-state index >= 15 is 0 Å². The number of nitrogen functional groups attached to an aromatic ring is 1. The monoisotopic (exact) mass is 317 g/mol. The molecular formula is C16H13Cl2N3. The molecule has 2 N–H and O–H groups in total. The topological polar surface area (TPSA) is 43.8 Å². The second kappa shape index (κ2) is 4.65. The van der Waals surface area contributed by atoms with Crippen LogP contribution in [-0.2, 0) is 0 Å². The minimum atomic E-state index is 0.505. The van der Waals surface area contributed by atoms with E-state index in [1.807, 2.05) is 30.3 Å². The summed E-state index contributed by atoms with van der Waals surface area (Å²) in [5.74, 6) is 1.56. The largest absolute Gasteiger partial charge is 0.399 e. The minimum absolute atomic E-state index is 0.505. The zero-order valence-electron chi connectivity index (χ0n) is 11.2. The van der Waals surface area contributed by atoms with Crippen LogP contribution in [0.25, 0.3) is 16.7 Å². The fourth-order valence-corrected chi connectivity index (χ4v) is 3.14. The maximum absolute atomic E-state index is 6.39. The summed E-state index contributed by atoms with van der Waals surface area (Å²) in [7, 11) is 0. The predicted octanol–water partition coefficient (Wildman–Crippen LogP) is 4.79. The normalized spacial score (nSPS) is 14.8. The quantitative estimate of drug-likeness (QED) is 0.690. The van der Waals surface area contributed by atoms with Crippen LogP contribution >= 0.6 is 23.2 Å².